The van der Waals surface area contributed by atoms with E-state index in [1.807, 2.05) is 31.2 Å². The average Bonchev–Trinajstić information content (AvgIpc) is 3.26. The third-order valence-corrected chi connectivity index (χ3v) is 4.77. The Bertz CT molecular complexity index is 860. The van der Waals surface area contributed by atoms with Crippen molar-refractivity contribution in [1.82, 2.24) is 15.5 Å². The Kier molecular flexibility index (Phi) is 4.60. The quantitative estimate of drug-likeness (QED) is 0.758. The van der Waals surface area contributed by atoms with Crippen molar-refractivity contribution in [2.24, 2.45) is 5.92 Å². The highest BCUT2D eigenvalue weighted by molar-refractivity contribution is 5.78. The lowest BCUT2D eigenvalue weighted by atomic mass is 9.97. The van der Waals surface area contributed by atoms with E-state index in [9.17, 15) is 4.79 Å². The van der Waals surface area contributed by atoms with Gasteiger partial charge in [-0.05, 0) is 37.8 Å². The Hall–Kier alpha value is -2.83. The summed E-state index contributed by atoms with van der Waals surface area (Å²) in [5.74, 6) is 1.05. The van der Waals surface area contributed by atoms with Crippen LogP contribution in [0.4, 0.5) is 6.01 Å². The number of nitrogens with zero attached hydrogens (tertiary/aromatic N) is 3. The lowest BCUT2D eigenvalue weighted by Crippen LogP contribution is -2.39. The molecule has 4 rings (SSSR count). The van der Waals surface area contributed by atoms with Crippen LogP contribution in [-0.4, -0.2) is 35.7 Å². The number of hydrogen-bond acceptors (Lipinski definition) is 6. The number of anilines is 1. The molecular formula is C19H22N4O3. The van der Waals surface area contributed by atoms with Gasteiger partial charge in [0.2, 0.25) is 5.91 Å². The van der Waals surface area contributed by atoms with E-state index in [1.54, 1.807) is 6.07 Å². The fourth-order valence-electron chi connectivity index (χ4n) is 3.30. The second-order valence-corrected chi connectivity index (χ2v) is 6.81. The maximum Gasteiger partial charge on any atom is 0.298 e. The van der Waals surface area contributed by atoms with Crippen molar-refractivity contribution in [3.8, 4) is 0 Å². The summed E-state index contributed by atoms with van der Waals surface area (Å²) in [5, 5.41) is 6.80. The van der Waals surface area contributed by atoms with E-state index in [2.05, 4.69) is 20.4 Å². The van der Waals surface area contributed by atoms with Crippen LogP contribution in [-0.2, 0) is 11.2 Å². The average molecular weight is 354 g/mol. The number of oxazole rings is 1. The third kappa shape index (κ3) is 3.71. The van der Waals surface area contributed by atoms with Gasteiger partial charge in [-0.15, -0.1) is 0 Å². The summed E-state index contributed by atoms with van der Waals surface area (Å²) in [4.78, 5) is 18.7. The summed E-state index contributed by atoms with van der Waals surface area (Å²) in [5.41, 5.74) is 2.50. The number of carbonyl (C=O) groups is 1. The van der Waals surface area contributed by atoms with E-state index in [0.29, 0.717) is 24.2 Å². The minimum Gasteiger partial charge on any atom is -0.423 e. The van der Waals surface area contributed by atoms with Gasteiger partial charge < -0.3 is 19.2 Å². The van der Waals surface area contributed by atoms with Crippen LogP contribution >= 0.6 is 0 Å². The van der Waals surface area contributed by atoms with Crippen molar-refractivity contribution < 1.29 is 13.7 Å². The number of rotatable bonds is 5. The number of fused-ring (bicyclic) bond motifs is 1. The molecule has 0 unspecified atom stereocenters. The van der Waals surface area contributed by atoms with Gasteiger partial charge in [0, 0.05) is 25.7 Å². The molecule has 1 aromatic carbocycles. The first-order valence-electron chi connectivity index (χ1n) is 8.97. The van der Waals surface area contributed by atoms with Crippen LogP contribution in [0.1, 0.15) is 24.3 Å². The maximum atomic E-state index is 12.0. The first kappa shape index (κ1) is 16.6. The minimum absolute atomic E-state index is 0.0254. The van der Waals surface area contributed by atoms with E-state index in [4.69, 9.17) is 8.94 Å². The molecule has 3 heterocycles. The lowest BCUT2D eigenvalue weighted by Gasteiger charge is -2.30. The largest absolute Gasteiger partial charge is 0.423 e. The molecule has 1 N–H and O–H groups in total. The fourth-order valence-corrected chi connectivity index (χ4v) is 3.30. The van der Waals surface area contributed by atoms with Gasteiger partial charge in [0.25, 0.3) is 6.01 Å². The first-order valence-corrected chi connectivity index (χ1v) is 8.97. The van der Waals surface area contributed by atoms with Crippen molar-refractivity contribution in [2.75, 3.05) is 24.5 Å². The van der Waals surface area contributed by atoms with Gasteiger partial charge >= 0.3 is 0 Å². The number of para-hydroxylation sites is 2. The Balaban J connectivity index is 1.25. The van der Waals surface area contributed by atoms with Gasteiger partial charge in [-0.1, -0.05) is 17.3 Å². The van der Waals surface area contributed by atoms with Crippen LogP contribution < -0.4 is 10.2 Å². The fraction of sp³-hybridized carbons (Fsp3) is 0.421. The summed E-state index contributed by atoms with van der Waals surface area (Å²) in [7, 11) is 0. The van der Waals surface area contributed by atoms with E-state index < -0.39 is 0 Å². The molecule has 0 bridgehead atoms. The molecule has 0 spiro atoms. The SMILES string of the molecule is Cc1cc(CC(=O)NCC2CCN(c3nc4ccccc4o3)CC2)on1. The van der Waals surface area contributed by atoms with Crippen molar-refractivity contribution in [3.63, 3.8) is 0 Å². The Morgan fingerprint density at radius 2 is 2.12 bits per heavy atom. The molecule has 0 atom stereocenters. The standard InChI is InChI=1S/C19H22N4O3/c1-13-10-15(26-22-13)11-18(24)20-12-14-6-8-23(9-7-14)19-21-16-4-2-3-5-17(16)25-19/h2-5,10,14H,6-9,11-12H2,1H3,(H,20,24). The van der Waals surface area contributed by atoms with Gasteiger partial charge in [0.15, 0.2) is 5.58 Å². The van der Waals surface area contributed by atoms with Gasteiger partial charge in [0.1, 0.15) is 11.3 Å². The van der Waals surface area contributed by atoms with Crippen molar-refractivity contribution in [3.05, 3.63) is 41.8 Å². The van der Waals surface area contributed by atoms with Crippen LogP contribution in [0.2, 0.25) is 0 Å². The smallest absolute Gasteiger partial charge is 0.298 e. The summed E-state index contributed by atoms with van der Waals surface area (Å²) in [6.07, 6.45) is 2.24. The number of piperidine rings is 1. The molecule has 1 saturated heterocycles. The van der Waals surface area contributed by atoms with Crippen LogP contribution in [0, 0.1) is 12.8 Å². The molecule has 3 aromatic rings. The summed E-state index contributed by atoms with van der Waals surface area (Å²) < 4.78 is 10.9. The zero-order valence-electron chi connectivity index (χ0n) is 14.8. The lowest BCUT2D eigenvalue weighted by molar-refractivity contribution is -0.120. The number of amides is 1. The maximum absolute atomic E-state index is 12.0. The highest BCUT2D eigenvalue weighted by Crippen LogP contribution is 2.26. The Morgan fingerprint density at radius 3 is 2.85 bits per heavy atom. The van der Waals surface area contributed by atoms with Crippen LogP contribution in [0.15, 0.2) is 39.3 Å². The molecule has 136 valence electrons. The van der Waals surface area contributed by atoms with Crippen molar-refractivity contribution in [1.29, 1.82) is 0 Å². The number of hydrogen-bond donors (Lipinski definition) is 1. The molecule has 1 aliphatic heterocycles. The van der Waals surface area contributed by atoms with Crippen LogP contribution in [0.5, 0.6) is 0 Å². The zero-order valence-corrected chi connectivity index (χ0v) is 14.8. The third-order valence-electron chi connectivity index (χ3n) is 4.77. The highest BCUT2D eigenvalue weighted by Gasteiger charge is 2.23. The van der Waals surface area contributed by atoms with E-state index in [1.165, 1.54) is 0 Å². The first-order chi connectivity index (χ1) is 12.7. The molecule has 0 aliphatic carbocycles. The van der Waals surface area contributed by atoms with Crippen molar-refractivity contribution >= 4 is 23.0 Å². The van der Waals surface area contributed by atoms with Crippen LogP contribution in [0.3, 0.4) is 0 Å². The number of aromatic nitrogens is 2. The minimum atomic E-state index is -0.0254. The second-order valence-electron chi connectivity index (χ2n) is 6.81. The Labute approximate surface area is 151 Å². The predicted octanol–water partition coefficient (Wildman–Crippen LogP) is 2.70. The van der Waals surface area contributed by atoms with Gasteiger partial charge in [-0.25, -0.2) is 0 Å². The number of nitrogens with one attached hydrogen (secondary N) is 1. The van der Waals surface area contributed by atoms with E-state index >= 15 is 0 Å². The molecule has 1 fully saturated rings. The van der Waals surface area contributed by atoms with Crippen molar-refractivity contribution in [2.45, 2.75) is 26.2 Å². The molecule has 26 heavy (non-hydrogen) atoms. The highest BCUT2D eigenvalue weighted by atomic mass is 16.5. The molecule has 1 aliphatic rings. The number of carbonyl (C=O) groups excluding carboxylic acids is 1. The molecule has 0 radical (unpaired) electrons. The summed E-state index contributed by atoms with van der Waals surface area (Å²) >= 11 is 0. The summed E-state index contributed by atoms with van der Waals surface area (Å²) in [6.45, 7) is 4.30. The number of aryl methyl sites for hydroxylation is 1. The molecular weight excluding hydrogens is 332 g/mol. The normalized spacial score (nSPS) is 15.5. The summed E-state index contributed by atoms with van der Waals surface area (Å²) in [6, 6.07) is 10.3. The molecule has 2 aromatic heterocycles. The van der Waals surface area contributed by atoms with Gasteiger partial charge in [0.05, 0.1) is 12.1 Å². The molecule has 7 nitrogen and oxygen atoms in total. The monoisotopic (exact) mass is 354 g/mol. The van der Waals surface area contributed by atoms with Crippen LogP contribution in [0.25, 0.3) is 11.1 Å². The topological polar surface area (TPSA) is 84.4 Å². The zero-order chi connectivity index (χ0) is 17.9. The second kappa shape index (κ2) is 7.19. The van der Waals surface area contributed by atoms with E-state index in [0.717, 1.165) is 42.7 Å². The molecule has 1 amide bonds. The van der Waals surface area contributed by atoms with E-state index in [-0.39, 0.29) is 12.3 Å². The molecule has 0 saturated carbocycles. The molecule has 7 heteroatoms. The predicted molar refractivity (Wildman–Crippen MR) is 96.9 cm³/mol. The Morgan fingerprint density at radius 1 is 1.31 bits per heavy atom. The number of benzene rings is 1. The van der Waals surface area contributed by atoms with Gasteiger partial charge in [-0.2, -0.15) is 4.98 Å². The van der Waals surface area contributed by atoms with Gasteiger partial charge in [-0.3, -0.25) is 4.79 Å².